The zero-order chi connectivity index (χ0) is 18.8. The maximum atomic E-state index is 13.0. The van der Waals surface area contributed by atoms with Crippen LogP contribution in [0, 0.1) is 0 Å². The fourth-order valence-electron chi connectivity index (χ4n) is 4.07. The maximum Gasteiger partial charge on any atom is 0.241 e. The fraction of sp³-hybridized carbons (Fsp3) is 0.409. The van der Waals surface area contributed by atoms with Gasteiger partial charge in [0.05, 0.1) is 6.54 Å². The molecule has 5 nitrogen and oxygen atoms in total. The molecule has 0 unspecified atom stereocenters. The number of nitrogens with one attached hydrogen (secondary N) is 1. The van der Waals surface area contributed by atoms with E-state index in [1.807, 2.05) is 23.1 Å². The smallest absolute Gasteiger partial charge is 0.241 e. The summed E-state index contributed by atoms with van der Waals surface area (Å²) in [6.07, 6.45) is 0.939. The third-order valence-corrected chi connectivity index (χ3v) is 5.61. The third kappa shape index (κ3) is 3.84. The van der Waals surface area contributed by atoms with Crippen LogP contribution in [0.2, 0.25) is 0 Å². The van der Waals surface area contributed by atoms with Crippen molar-refractivity contribution in [3.63, 3.8) is 0 Å². The van der Waals surface area contributed by atoms with Crippen LogP contribution in [0.25, 0.3) is 0 Å². The number of anilines is 3. The van der Waals surface area contributed by atoms with Gasteiger partial charge in [-0.2, -0.15) is 0 Å². The molecule has 142 valence electrons. The minimum absolute atomic E-state index is 0.211. The van der Waals surface area contributed by atoms with Gasteiger partial charge in [0.25, 0.3) is 0 Å². The van der Waals surface area contributed by atoms with Gasteiger partial charge >= 0.3 is 0 Å². The zero-order valence-electron chi connectivity index (χ0n) is 16.2. The van der Waals surface area contributed by atoms with Crippen LogP contribution in [0.1, 0.15) is 12.5 Å². The Balaban J connectivity index is 1.51. The van der Waals surface area contributed by atoms with Crippen LogP contribution < -0.4 is 15.1 Å². The van der Waals surface area contributed by atoms with Gasteiger partial charge in [-0.15, -0.1) is 0 Å². The minimum atomic E-state index is 0.211. The predicted molar refractivity (Wildman–Crippen MR) is 111 cm³/mol. The molecule has 2 aliphatic heterocycles. The van der Waals surface area contributed by atoms with E-state index in [0.717, 1.165) is 49.7 Å². The quantitative estimate of drug-likeness (QED) is 0.905. The predicted octanol–water partition coefficient (Wildman–Crippen LogP) is 2.64. The van der Waals surface area contributed by atoms with Gasteiger partial charge in [-0.3, -0.25) is 9.69 Å². The van der Waals surface area contributed by atoms with Gasteiger partial charge < -0.3 is 15.1 Å². The number of hydrogen-bond donors (Lipinski definition) is 1. The molecule has 4 rings (SSSR count). The number of nitrogens with zero attached hydrogens (tertiary/aromatic N) is 3. The number of amides is 1. The molecule has 2 aromatic carbocycles. The summed E-state index contributed by atoms with van der Waals surface area (Å²) in [5.41, 5.74) is 4.59. The highest BCUT2D eigenvalue weighted by Crippen LogP contribution is 2.34. The fourth-order valence-corrected chi connectivity index (χ4v) is 4.07. The first-order valence-electron chi connectivity index (χ1n) is 9.79. The lowest BCUT2D eigenvalue weighted by atomic mass is 10.1. The lowest BCUT2D eigenvalue weighted by molar-refractivity contribution is -0.119. The van der Waals surface area contributed by atoms with E-state index in [1.165, 1.54) is 5.56 Å². The van der Waals surface area contributed by atoms with Crippen LogP contribution >= 0.6 is 0 Å². The lowest BCUT2D eigenvalue weighted by Gasteiger charge is -2.32. The highest BCUT2D eigenvalue weighted by atomic mass is 16.2. The molecule has 1 saturated heterocycles. The molecule has 2 aliphatic rings. The summed E-state index contributed by atoms with van der Waals surface area (Å²) in [7, 11) is 2.07. The van der Waals surface area contributed by atoms with E-state index in [-0.39, 0.29) is 5.91 Å². The van der Waals surface area contributed by atoms with Crippen LogP contribution in [0.15, 0.2) is 48.5 Å². The summed E-state index contributed by atoms with van der Waals surface area (Å²) in [6.45, 7) is 6.29. The molecule has 0 aliphatic carbocycles. The van der Waals surface area contributed by atoms with E-state index < -0.39 is 0 Å². The van der Waals surface area contributed by atoms with Crippen molar-refractivity contribution in [1.29, 1.82) is 0 Å². The Labute approximate surface area is 161 Å². The first kappa shape index (κ1) is 18.0. The van der Waals surface area contributed by atoms with Gasteiger partial charge in [0, 0.05) is 56.3 Å². The first-order valence-corrected chi connectivity index (χ1v) is 9.79. The normalized spacial score (nSPS) is 19.8. The average Bonchev–Trinajstić information content (AvgIpc) is 3.11. The van der Waals surface area contributed by atoms with Gasteiger partial charge in [0.2, 0.25) is 5.91 Å². The summed E-state index contributed by atoms with van der Waals surface area (Å²) < 4.78 is 0. The second-order valence-electron chi connectivity index (χ2n) is 7.59. The highest BCUT2D eigenvalue weighted by Gasteiger charge is 2.27. The van der Waals surface area contributed by atoms with E-state index in [0.29, 0.717) is 12.6 Å². The van der Waals surface area contributed by atoms with Crippen molar-refractivity contribution in [2.24, 2.45) is 0 Å². The number of piperazine rings is 1. The second-order valence-corrected chi connectivity index (χ2v) is 7.59. The SMILES string of the molecule is C[C@@H]1CN(CC(=O)N2CCc3ccc(N(C)c4ccccc4)cc32)CCN1. The van der Waals surface area contributed by atoms with Gasteiger partial charge in [0.1, 0.15) is 0 Å². The molecule has 1 atom stereocenters. The standard InChI is InChI=1S/C22H28N4O/c1-17-15-25(13-11-23-17)16-22(27)26-12-10-18-8-9-20(14-21(18)26)24(2)19-6-4-3-5-7-19/h3-9,14,17,23H,10-13,15-16H2,1-2H3/t17-/m1/s1. The number of carbonyl (C=O) groups excluding carboxylic acids is 1. The molecule has 0 bridgehead atoms. The second kappa shape index (κ2) is 7.71. The summed E-state index contributed by atoms with van der Waals surface area (Å²) >= 11 is 0. The van der Waals surface area contributed by atoms with Crippen LogP contribution in [-0.2, 0) is 11.2 Å². The van der Waals surface area contributed by atoms with Crippen molar-refractivity contribution in [2.45, 2.75) is 19.4 Å². The molecule has 1 fully saturated rings. The average molecular weight is 364 g/mol. The van der Waals surface area contributed by atoms with Crippen LogP contribution in [-0.4, -0.2) is 56.6 Å². The molecule has 0 spiro atoms. The van der Waals surface area contributed by atoms with Crippen LogP contribution in [0.4, 0.5) is 17.1 Å². The molecule has 2 aromatic rings. The Morgan fingerprint density at radius 3 is 2.74 bits per heavy atom. The molecule has 1 amide bonds. The molecular weight excluding hydrogens is 336 g/mol. The highest BCUT2D eigenvalue weighted by molar-refractivity contribution is 5.97. The van der Waals surface area contributed by atoms with E-state index in [4.69, 9.17) is 0 Å². The van der Waals surface area contributed by atoms with Crippen LogP contribution in [0.5, 0.6) is 0 Å². The van der Waals surface area contributed by atoms with Crippen molar-refractivity contribution >= 4 is 23.0 Å². The topological polar surface area (TPSA) is 38.8 Å². The van der Waals surface area contributed by atoms with Gasteiger partial charge in [-0.25, -0.2) is 0 Å². The van der Waals surface area contributed by atoms with Gasteiger partial charge in [-0.05, 0) is 43.2 Å². The molecule has 27 heavy (non-hydrogen) atoms. The Bertz CT molecular complexity index is 807. The van der Waals surface area contributed by atoms with Crippen molar-refractivity contribution in [3.8, 4) is 0 Å². The van der Waals surface area contributed by atoms with E-state index in [1.54, 1.807) is 0 Å². The third-order valence-electron chi connectivity index (χ3n) is 5.61. The monoisotopic (exact) mass is 364 g/mol. The van der Waals surface area contributed by atoms with Crippen molar-refractivity contribution in [3.05, 3.63) is 54.1 Å². The zero-order valence-corrected chi connectivity index (χ0v) is 16.2. The Kier molecular flexibility index (Phi) is 5.14. The van der Waals surface area contributed by atoms with E-state index in [2.05, 4.69) is 59.4 Å². The number of hydrogen-bond acceptors (Lipinski definition) is 4. The summed E-state index contributed by atoms with van der Waals surface area (Å²) in [4.78, 5) is 19.4. The number of benzene rings is 2. The van der Waals surface area contributed by atoms with Gasteiger partial charge in [0.15, 0.2) is 0 Å². The molecule has 1 N–H and O–H groups in total. The number of fused-ring (bicyclic) bond motifs is 1. The van der Waals surface area contributed by atoms with Crippen molar-refractivity contribution in [2.75, 3.05) is 49.6 Å². The summed E-state index contributed by atoms with van der Waals surface area (Å²) in [6, 6.07) is 17.2. The Hall–Kier alpha value is -2.37. The van der Waals surface area contributed by atoms with Crippen molar-refractivity contribution in [1.82, 2.24) is 10.2 Å². The minimum Gasteiger partial charge on any atom is -0.345 e. The van der Waals surface area contributed by atoms with E-state index >= 15 is 0 Å². The molecule has 2 heterocycles. The number of rotatable bonds is 4. The number of para-hydroxylation sites is 1. The van der Waals surface area contributed by atoms with E-state index in [9.17, 15) is 4.79 Å². The van der Waals surface area contributed by atoms with Crippen LogP contribution in [0.3, 0.4) is 0 Å². The Morgan fingerprint density at radius 1 is 1.15 bits per heavy atom. The molecule has 5 heteroatoms. The molecule has 0 aromatic heterocycles. The van der Waals surface area contributed by atoms with Gasteiger partial charge in [-0.1, -0.05) is 24.3 Å². The molecule has 0 saturated carbocycles. The van der Waals surface area contributed by atoms with Crippen molar-refractivity contribution < 1.29 is 4.79 Å². The summed E-state index contributed by atoms with van der Waals surface area (Å²) in [5, 5.41) is 3.43. The molecular formula is C22H28N4O. The first-order chi connectivity index (χ1) is 13.1. The summed E-state index contributed by atoms with van der Waals surface area (Å²) in [5.74, 6) is 0.211. The molecule has 0 radical (unpaired) electrons. The maximum absolute atomic E-state index is 13.0. The Morgan fingerprint density at radius 2 is 1.96 bits per heavy atom. The largest absolute Gasteiger partial charge is 0.345 e. The number of carbonyl (C=O) groups is 1. The lowest BCUT2D eigenvalue weighted by Crippen LogP contribution is -2.52.